The summed E-state index contributed by atoms with van der Waals surface area (Å²) in [5.41, 5.74) is 7.90. The molecule has 0 radical (unpaired) electrons. The molecule has 1 saturated heterocycles. The SMILES string of the molecule is NC1=N[C@@]2(CCN3C(=O)c4c(Cl)cccc4[C@@H]3C2)Nc2cccc(F)c21. The fourth-order valence-electron chi connectivity index (χ4n) is 4.37. The molecule has 2 atom stereocenters. The van der Waals surface area contributed by atoms with Gasteiger partial charge in [-0.1, -0.05) is 29.8 Å². The molecule has 2 aromatic carbocycles. The number of fused-ring (bicyclic) bond motifs is 4. The molecule has 7 heteroatoms. The second-order valence-electron chi connectivity index (χ2n) is 6.99. The first kappa shape index (κ1) is 15.6. The van der Waals surface area contributed by atoms with Crippen LogP contribution >= 0.6 is 11.6 Å². The van der Waals surface area contributed by atoms with E-state index in [1.54, 1.807) is 18.2 Å². The summed E-state index contributed by atoms with van der Waals surface area (Å²) in [5.74, 6) is -0.234. The highest BCUT2D eigenvalue weighted by molar-refractivity contribution is 6.34. The minimum absolute atomic E-state index is 0.0374. The Labute approximate surface area is 154 Å². The lowest BCUT2D eigenvalue weighted by Crippen LogP contribution is -2.51. The van der Waals surface area contributed by atoms with Gasteiger partial charge in [0.2, 0.25) is 0 Å². The van der Waals surface area contributed by atoms with Crippen molar-refractivity contribution in [1.29, 1.82) is 0 Å². The average Bonchev–Trinajstić information content (AvgIpc) is 2.87. The molecule has 3 N–H and O–H groups in total. The third-order valence-electron chi connectivity index (χ3n) is 5.52. The molecule has 0 saturated carbocycles. The highest BCUT2D eigenvalue weighted by Crippen LogP contribution is 2.47. The molecule has 0 aromatic heterocycles. The summed E-state index contributed by atoms with van der Waals surface area (Å²) >= 11 is 6.26. The maximum atomic E-state index is 14.1. The van der Waals surface area contributed by atoms with E-state index in [2.05, 4.69) is 10.3 Å². The topological polar surface area (TPSA) is 70.7 Å². The van der Waals surface area contributed by atoms with Crippen LogP contribution in [0.2, 0.25) is 5.02 Å². The zero-order chi connectivity index (χ0) is 18.1. The Bertz CT molecular complexity index is 991. The second-order valence-corrected chi connectivity index (χ2v) is 7.40. The van der Waals surface area contributed by atoms with Crippen molar-refractivity contribution in [1.82, 2.24) is 4.90 Å². The van der Waals surface area contributed by atoms with Gasteiger partial charge in [0.15, 0.2) is 0 Å². The number of piperidine rings is 1. The molecule has 26 heavy (non-hydrogen) atoms. The third-order valence-corrected chi connectivity index (χ3v) is 5.84. The van der Waals surface area contributed by atoms with Crippen LogP contribution in [0.1, 0.15) is 40.4 Å². The van der Waals surface area contributed by atoms with E-state index in [1.165, 1.54) is 6.07 Å². The van der Waals surface area contributed by atoms with E-state index >= 15 is 0 Å². The molecule has 3 heterocycles. The van der Waals surface area contributed by atoms with Crippen LogP contribution < -0.4 is 11.1 Å². The first-order chi connectivity index (χ1) is 12.5. The van der Waals surface area contributed by atoms with Gasteiger partial charge in [0, 0.05) is 25.1 Å². The molecule has 2 aromatic rings. The van der Waals surface area contributed by atoms with Crippen LogP contribution in [0.5, 0.6) is 0 Å². The third kappa shape index (κ3) is 2.02. The van der Waals surface area contributed by atoms with Crippen LogP contribution in [-0.2, 0) is 0 Å². The minimum atomic E-state index is -0.656. The van der Waals surface area contributed by atoms with Crippen molar-refractivity contribution in [2.75, 3.05) is 11.9 Å². The number of carbonyl (C=O) groups excluding carboxylic acids is 1. The Kier molecular flexibility index (Phi) is 3.13. The number of rotatable bonds is 0. The van der Waals surface area contributed by atoms with E-state index in [4.69, 9.17) is 17.3 Å². The van der Waals surface area contributed by atoms with Crippen molar-refractivity contribution >= 4 is 29.0 Å². The van der Waals surface area contributed by atoms with E-state index in [0.29, 0.717) is 41.2 Å². The van der Waals surface area contributed by atoms with Crippen LogP contribution in [0.4, 0.5) is 10.1 Å². The van der Waals surface area contributed by atoms with Gasteiger partial charge in [0.1, 0.15) is 17.3 Å². The number of hydrogen-bond acceptors (Lipinski definition) is 4. The Morgan fingerprint density at radius 3 is 2.92 bits per heavy atom. The second kappa shape index (κ2) is 5.20. The lowest BCUT2D eigenvalue weighted by molar-refractivity contribution is 0.0606. The molecule has 3 aliphatic rings. The molecule has 3 aliphatic heterocycles. The smallest absolute Gasteiger partial charge is 0.256 e. The lowest BCUT2D eigenvalue weighted by atomic mass is 9.87. The number of carbonyl (C=O) groups is 1. The first-order valence-corrected chi connectivity index (χ1v) is 8.89. The standard InChI is InChI=1S/C19H16ClFN4O/c20-11-4-1-3-10-14-9-19(7-8-25(14)18(26)15(10)11)23-13-6-2-5-12(21)16(13)17(22)24-19/h1-6,14,23H,7-9H2,(H2,22,24)/t14-,19+/m0/s1. The fourth-order valence-corrected chi connectivity index (χ4v) is 4.63. The van der Waals surface area contributed by atoms with Crippen LogP contribution in [0.3, 0.4) is 0 Å². The van der Waals surface area contributed by atoms with Crippen LogP contribution in [0, 0.1) is 5.82 Å². The van der Waals surface area contributed by atoms with Crippen molar-refractivity contribution in [2.24, 2.45) is 10.7 Å². The Morgan fingerprint density at radius 1 is 1.27 bits per heavy atom. The van der Waals surface area contributed by atoms with E-state index < -0.39 is 11.5 Å². The van der Waals surface area contributed by atoms with E-state index in [1.807, 2.05) is 17.0 Å². The zero-order valence-corrected chi connectivity index (χ0v) is 14.6. The minimum Gasteiger partial charge on any atom is -0.383 e. The number of amides is 1. The van der Waals surface area contributed by atoms with Crippen LogP contribution in [-0.4, -0.2) is 28.9 Å². The normalized spacial score (nSPS) is 26.1. The van der Waals surface area contributed by atoms with Gasteiger partial charge < -0.3 is 16.0 Å². The molecule has 1 amide bonds. The quantitative estimate of drug-likeness (QED) is 0.747. The summed E-state index contributed by atoms with van der Waals surface area (Å²) in [5, 5.41) is 3.85. The van der Waals surface area contributed by atoms with Crippen LogP contribution in [0.25, 0.3) is 0 Å². The van der Waals surface area contributed by atoms with Gasteiger partial charge >= 0.3 is 0 Å². The molecule has 1 fully saturated rings. The molecule has 0 bridgehead atoms. The number of aliphatic imine (C=N–C) groups is 1. The lowest BCUT2D eigenvalue weighted by Gasteiger charge is -2.44. The molecular formula is C19H16ClFN4O. The number of benzene rings is 2. The molecule has 0 aliphatic carbocycles. The predicted molar refractivity (Wildman–Crippen MR) is 97.9 cm³/mol. The van der Waals surface area contributed by atoms with Crippen molar-refractivity contribution < 1.29 is 9.18 Å². The molecule has 0 unspecified atom stereocenters. The van der Waals surface area contributed by atoms with E-state index in [-0.39, 0.29) is 17.8 Å². The van der Waals surface area contributed by atoms with E-state index in [0.717, 1.165) is 5.56 Å². The summed E-state index contributed by atoms with van der Waals surface area (Å²) < 4.78 is 14.1. The Balaban J connectivity index is 1.57. The maximum absolute atomic E-state index is 14.1. The summed E-state index contributed by atoms with van der Waals surface area (Å²) in [6.45, 7) is 0.531. The average molecular weight is 371 g/mol. The number of anilines is 1. The van der Waals surface area contributed by atoms with Crippen LogP contribution in [0.15, 0.2) is 41.4 Å². The Hall–Kier alpha value is -2.60. The molecular weight excluding hydrogens is 355 g/mol. The summed E-state index contributed by atoms with van der Waals surface area (Å²) in [7, 11) is 0. The van der Waals surface area contributed by atoms with Crippen molar-refractivity contribution in [2.45, 2.75) is 24.5 Å². The summed E-state index contributed by atoms with van der Waals surface area (Å²) in [6.07, 6.45) is 1.15. The summed E-state index contributed by atoms with van der Waals surface area (Å²) in [6, 6.07) is 10.2. The van der Waals surface area contributed by atoms with Gasteiger partial charge in [-0.25, -0.2) is 9.38 Å². The largest absolute Gasteiger partial charge is 0.383 e. The van der Waals surface area contributed by atoms with Gasteiger partial charge in [-0.2, -0.15) is 0 Å². The molecule has 5 nitrogen and oxygen atoms in total. The monoisotopic (exact) mass is 370 g/mol. The number of amidine groups is 1. The molecule has 5 rings (SSSR count). The van der Waals surface area contributed by atoms with Gasteiger partial charge in [-0.05, 0) is 23.8 Å². The van der Waals surface area contributed by atoms with Crippen molar-refractivity contribution in [3.05, 3.63) is 63.9 Å². The summed E-state index contributed by atoms with van der Waals surface area (Å²) in [4.78, 5) is 19.2. The van der Waals surface area contributed by atoms with Gasteiger partial charge in [-0.15, -0.1) is 0 Å². The van der Waals surface area contributed by atoms with Gasteiger partial charge in [0.05, 0.1) is 22.2 Å². The highest BCUT2D eigenvalue weighted by Gasteiger charge is 2.49. The maximum Gasteiger partial charge on any atom is 0.256 e. The highest BCUT2D eigenvalue weighted by atomic mass is 35.5. The number of halogens is 2. The van der Waals surface area contributed by atoms with E-state index in [9.17, 15) is 9.18 Å². The number of nitrogens with two attached hydrogens (primary N) is 1. The van der Waals surface area contributed by atoms with Crippen molar-refractivity contribution in [3.8, 4) is 0 Å². The number of hydrogen-bond donors (Lipinski definition) is 2. The van der Waals surface area contributed by atoms with Gasteiger partial charge in [0.25, 0.3) is 5.91 Å². The molecule has 132 valence electrons. The number of nitrogens with one attached hydrogen (secondary N) is 1. The Morgan fingerprint density at radius 2 is 2.08 bits per heavy atom. The fraction of sp³-hybridized carbons (Fsp3) is 0.263. The van der Waals surface area contributed by atoms with Crippen molar-refractivity contribution in [3.63, 3.8) is 0 Å². The zero-order valence-electron chi connectivity index (χ0n) is 13.8. The number of nitrogens with zero attached hydrogens (tertiary/aromatic N) is 2. The van der Waals surface area contributed by atoms with Gasteiger partial charge in [-0.3, -0.25) is 4.79 Å². The molecule has 1 spiro atoms. The predicted octanol–water partition coefficient (Wildman–Crippen LogP) is 3.30. The first-order valence-electron chi connectivity index (χ1n) is 8.51.